The number of hydrogen-bond acceptors (Lipinski definition) is 4. The molecule has 0 unspecified atom stereocenters. The summed E-state index contributed by atoms with van der Waals surface area (Å²) >= 11 is 1.47. The monoisotopic (exact) mass is 330 g/mol. The van der Waals surface area contributed by atoms with E-state index < -0.39 is 0 Å². The molecule has 6 heteroatoms. The van der Waals surface area contributed by atoms with Gasteiger partial charge in [0.2, 0.25) is 5.91 Å². The van der Waals surface area contributed by atoms with Crippen molar-refractivity contribution < 1.29 is 4.79 Å². The molecule has 1 saturated carbocycles. The van der Waals surface area contributed by atoms with Crippen molar-refractivity contribution in [1.82, 2.24) is 14.8 Å². The Morgan fingerprint density at radius 1 is 1.22 bits per heavy atom. The van der Waals surface area contributed by atoms with Gasteiger partial charge in [0.15, 0.2) is 5.16 Å². The second-order valence-corrected chi connectivity index (χ2v) is 6.84. The molecule has 0 atom stereocenters. The maximum atomic E-state index is 12.1. The third-order valence-corrected chi connectivity index (χ3v) is 5.11. The number of hydrogen-bond donors (Lipinski definition) is 1. The molecule has 0 spiro atoms. The highest BCUT2D eigenvalue weighted by Gasteiger charge is 2.21. The van der Waals surface area contributed by atoms with Gasteiger partial charge >= 0.3 is 0 Å². The smallest absolute Gasteiger partial charge is 0.234 e. The summed E-state index contributed by atoms with van der Waals surface area (Å²) in [5, 5.41) is 12.2. The van der Waals surface area contributed by atoms with Crippen LogP contribution in [0, 0.1) is 6.92 Å². The van der Waals surface area contributed by atoms with Crippen molar-refractivity contribution in [3.63, 3.8) is 0 Å². The van der Waals surface area contributed by atoms with Crippen molar-refractivity contribution in [2.45, 2.75) is 50.2 Å². The Hall–Kier alpha value is -1.82. The summed E-state index contributed by atoms with van der Waals surface area (Å²) < 4.78 is 2.22. The highest BCUT2D eigenvalue weighted by atomic mass is 32.2. The number of aryl methyl sites for hydroxylation is 1. The molecule has 0 bridgehead atoms. The Balaban J connectivity index is 1.61. The molecule has 1 aromatic carbocycles. The fourth-order valence-corrected chi connectivity index (χ4v) is 3.91. The van der Waals surface area contributed by atoms with Crippen LogP contribution in [0.15, 0.2) is 35.5 Å². The summed E-state index contributed by atoms with van der Waals surface area (Å²) in [6.45, 7) is 2.00. The van der Waals surface area contributed by atoms with E-state index in [0.717, 1.165) is 16.7 Å². The molecule has 1 fully saturated rings. The lowest BCUT2D eigenvalue weighted by Gasteiger charge is -2.24. The highest BCUT2D eigenvalue weighted by molar-refractivity contribution is 7.99. The van der Waals surface area contributed by atoms with Gasteiger partial charge in [0, 0.05) is 11.7 Å². The molecular weight excluding hydrogens is 308 g/mol. The zero-order chi connectivity index (χ0) is 16.1. The maximum absolute atomic E-state index is 12.1. The molecule has 1 heterocycles. The van der Waals surface area contributed by atoms with E-state index in [2.05, 4.69) is 20.1 Å². The summed E-state index contributed by atoms with van der Waals surface area (Å²) in [6, 6.07) is 10.0. The lowest BCUT2D eigenvalue weighted by molar-refractivity contribution is -0.113. The van der Waals surface area contributed by atoms with Gasteiger partial charge in [-0.1, -0.05) is 49.2 Å². The molecule has 122 valence electrons. The number of nitrogens with one attached hydrogen (secondary N) is 1. The summed E-state index contributed by atoms with van der Waals surface area (Å²) in [4.78, 5) is 12.1. The van der Waals surface area contributed by atoms with Crippen molar-refractivity contribution in [2.75, 3.05) is 11.1 Å². The van der Waals surface area contributed by atoms with E-state index in [-0.39, 0.29) is 5.91 Å². The van der Waals surface area contributed by atoms with Gasteiger partial charge in [-0.2, -0.15) is 0 Å². The average Bonchev–Trinajstić information content (AvgIpc) is 2.95. The predicted octanol–water partition coefficient (Wildman–Crippen LogP) is 3.82. The van der Waals surface area contributed by atoms with Crippen LogP contribution >= 0.6 is 11.8 Å². The molecule has 0 aliphatic heterocycles. The van der Waals surface area contributed by atoms with E-state index in [1.807, 2.05) is 37.3 Å². The van der Waals surface area contributed by atoms with E-state index in [0.29, 0.717) is 11.8 Å². The largest absolute Gasteiger partial charge is 0.325 e. The van der Waals surface area contributed by atoms with Crippen LogP contribution in [0.5, 0.6) is 0 Å². The SMILES string of the molecule is Cc1nnc(SCC(=O)Nc2ccccc2)n1C1CCCCC1. The number of benzene rings is 1. The molecule has 1 amide bonds. The van der Waals surface area contributed by atoms with Gasteiger partial charge in [-0.25, -0.2) is 0 Å². The first-order valence-electron chi connectivity index (χ1n) is 8.13. The lowest BCUT2D eigenvalue weighted by Crippen LogP contribution is -2.17. The molecule has 3 rings (SSSR count). The Kier molecular flexibility index (Phi) is 5.33. The first-order valence-corrected chi connectivity index (χ1v) is 9.12. The molecule has 5 nitrogen and oxygen atoms in total. The molecule has 1 aromatic heterocycles. The Bertz CT molecular complexity index is 650. The standard InChI is InChI=1S/C17H22N4OS/c1-13-19-20-17(21(13)15-10-6-3-7-11-15)23-12-16(22)18-14-8-4-2-5-9-14/h2,4-5,8-9,15H,3,6-7,10-12H2,1H3,(H,18,22). The predicted molar refractivity (Wildman–Crippen MR) is 92.7 cm³/mol. The third kappa shape index (κ3) is 4.13. The number of para-hydroxylation sites is 1. The van der Waals surface area contributed by atoms with Crippen LogP contribution in [0.4, 0.5) is 5.69 Å². The van der Waals surface area contributed by atoms with Crippen molar-refractivity contribution in [3.8, 4) is 0 Å². The van der Waals surface area contributed by atoms with Gasteiger partial charge in [-0.3, -0.25) is 4.79 Å². The van der Waals surface area contributed by atoms with Crippen LogP contribution in [0.2, 0.25) is 0 Å². The zero-order valence-electron chi connectivity index (χ0n) is 13.4. The molecule has 1 aliphatic rings. The normalized spacial score (nSPS) is 15.5. The Labute approximate surface area is 140 Å². The number of rotatable bonds is 5. The highest BCUT2D eigenvalue weighted by Crippen LogP contribution is 2.32. The van der Waals surface area contributed by atoms with Crippen LogP contribution in [0.3, 0.4) is 0 Å². The number of carbonyl (C=O) groups is 1. The number of aromatic nitrogens is 3. The van der Waals surface area contributed by atoms with E-state index >= 15 is 0 Å². The molecule has 1 N–H and O–H groups in total. The minimum absolute atomic E-state index is 0.0166. The van der Waals surface area contributed by atoms with E-state index in [9.17, 15) is 4.79 Å². The zero-order valence-corrected chi connectivity index (χ0v) is 14.2. The number of carbonyl (C=O) groups excluding carboxylic acids is 1. The first-order chi connectivity index (χ1) is 11.2. The van der Waals surface area contributed by atoms with Crippen LogP contribution in [0.25, 0.3) is 0 Å². The molecular formula is C17H22N4OS. The topological polar surface area (TPSA) is 59.8 Å². The second-order valence-electron chi connectivity index (χ2n) is 5.89. The summed E-state index contributed by atoms with van der Waals surface area (Å²) in [5.74, 6) is 1.28. The van der Waals surface area contributed by atoms with Crippen molar-refractivity contribution >= 4 is 23.4 Å². The van der Waals surface area contributed by atoms with Gasteiger partial charge in [-0.15, -0.1) is 10.2 Å². The first kappa shape index (κ1) is 16.1. The molecule has 0 saturated heterocycles. The van der Waals surface area contributed by atoms with Crippen LogP contribution < -0.4 is 5.32 Å². The van der Waals surface area contributed by atoms with E-state index in [1.54, 1.807) is 0 Å². The summed E-state index contributed by atoms with van der Waals surface area (Å²) in [7, 11) is 0. The summed E-state index contributed by atoms with van der Waals surface area (Å²) in [6.07, 6.45) is 6.21. The van der Waals surface area contributed by atoms with Crippen LogP contribution in [-0.2, 0) is 4.79 Å². The van der Waals surface area contributed by atoms with Gasteiger partial charge in [0.05, 0.1) is 5.75 Å². The molecule has 23 heavy (non-hydrogen) atoms. The number of amides is 1. The van der Waals surface area contributed by atoms with Gasteiger partial charge in [0.1, 0.15) is 5.82 Å². The number of nitrogens with zero attached hydrogens (tertiary/aromatic N) is 3. The number of anilines is 1. The molecule has 1 aliphatic carbocycles. The maximum Gasteiger partial charge on any atom is 0.234 e. The third-order valence-electron chi connectivity index (χ3n) is 4.16. The minimum Gasteiger partial charge on any atom is -0.325 e. The van der Waals surface area contributed by atoms with E-state index in [1.165, 1.54) is 43.9 Å². The molecule has 0 radical (unpaired) electrons. The van der Waals surface area contributed by atoms with Gasteiger partial charge in [-0.05, 0) is 31.9 Å². The quantitative estimate of drug-likeness (QED) is 0.847. The minimum atomic E-state index is -0.0166. The molecule has 2 aromatic rings. The van der Waals surface area contributed by atoms with Crippen molar-refractivity contribution in [3.05, 3.63) is 36.2 Å². The van der Waals surface area contributed by atoms with E-state index in [4.69, 9.17) is 0 Å². The second kappa shape index (κ2) is 7.64. The fourth-order valence-electron chi connectivity index (χ4n) is 3.06. The summed E-state index contributed by atoms with van der Waals surface area (Å²) in [5.41, 5.74) is 0.822. The Morgan fingerprint density at radius 3 is 2.70 bits per heavy atom. The van der Waals surface area contributed by atoms with Gasteiger partial charge < -0.3 is 9.88 Å². The van der Waals surface area contributed by atoms with Crippen LogP contribution in [0.1, 0.15) is 44.0 Å². The van der Waals surface area contributed by atoms with Crippen LogP contribution in [-0.4, -0.2) is 26.4 Å². The van der Waals surface area contributed by atoms with Crippen molar-refractivity contribution in [1.29, 1.82) is 0 Å². The fraction of sp³-hybridized carbons (Fsp3) is 0.471. The number of thioether (sulfide) groups is 1. The Morgan fingerprint density at radius 2 is 1.96 bits per heavy atom. The van der Waals surface area contributed by atoms with Gasteiger partial charge in [0.25, 0.3) is 0 Å². The average molecular weight is 330 g/mol. The van der Waals surface area contributed by atoms with Crippen molar-refractivity contribution in [2.24, 2.45) is 0 Å². The lowest BCUT2D eigenvalue weighted by atomic mass is 9.95.